The second-order valence-electron chi connectivity index (χ2n) is 12.1. The average Bonchev–Trinajstić information content (AvgIpc) is 3.02. The monoisotopic (exact) mass is 702 g/mol. The summed E-state index contributed by atoms with van der Waals surface area (Å²) in [5.41, 5.74) is 5.89. The molecule has 0 aliphatic carbocycles. The van der Waals surface area contributed by atoms with Gasteiger partial charge < -0.3 is 20.3 Å². The molecule has 2 unspecified atom stereocenters. The Morgan fingerprint density at radius 3 is 2.57 bits per heavy atom. The number of pyridine rings is 1. The molecule has 6 rings (SSSR count). The van der Waals surface area contributed by atoms with Gasteiger partial charge in [0.1, 0.15) is 5.82 Å². The van der Waals surface area contributed by atoms with Crippen molar-refractivity contribution in [1.29, 1.82) is 0 Å². The maximum atomic E-state index is 17.0. The van der Waals surface area contributed by atoms with Crippen molar-refractivity contribution in [1.82, 2.24) is 19.4 Å². The van der Waals surface area contributed by atoms with Crippen molar-refractivity contribution in [3.8, 4) is 22.6 Å². The SMILES string of the molecule is C=CC(=O)N1CC2CCOc3c(F)c(-c4c(N)c(Cl)cc(Cl)c4F)c(Cl)c4c3c(nc(=O)n4-c3c(C)ccnc3C(C)C)N2CC1C. The lowest BCUT2D eigenvalue weighted by molar-refractivity contribution is -0.129. The van der Waals surface area contributed by atoms with Gasteiger partial charge in [0.2, 0.25) is 5.91 Å². The minimum atomic E-state index is -1.05. The Labute approximate surface area is 284 Å². The van der Waals surface area contributed by atoms with E-state index in [1.54, 1.807) is 24.1 Å². The quantitative estimate of drug-likeness (QED) is 0.138. The van der Waals surface area contributed by atoms with Crippen LogP contribution in [0.1, 0.15) is 44.4 Å². The van der Waals surface area contributed by atoms with E-state index in [4.69, 9.17) is 45.3 Å². The molecule has 47 heavy (non-hydrogen) atoms. The van der Waals surface area contributed by atoms with Gasteiger partial charge in [-0.3, -0.25) is 14.3 Å². The largest absolute Gasteiger partial charge is 0.490 e. The Morgan fingerprint density at radius 2 is 1.89 bits per heavy atom. The zero-order chi connectivity index (χ0) is 34.1. The first kappa shape index (κ1) is 33.0. The van der Waals surface area contributed by atoms with Crippen molar-refractivity contribution in [2.45, 2.75) is 52.1 Å². The molecule has 0 radical (unpaired) electrons. The van der Waals surface area contributed by atoms with Gasteiger partial charge in [0, 0.05) is 42.9 Å². The molecule has 1 saturated heterocycles. The highest BCUT2D eigenvalue weighted by molar-refractivity contribution is 6.40. The summed E-state index contributed by atoms with van der Waals surface area (Å²) in [6.07, 6.45) is 3.23. The Hall–Kier alpha value is -3.93. The number of nitrogen functional groups attached to an aromatic ring is 1. The van der Waals surface area contributed by atoms with Crippen molar-refractivity contribution < 1.29 is 18.3 Å². The Kier molecular flexibility index (Phi) is 8.61. The van der Waals surface area contributed by atoms with Crippen LogP contribution in [0, 0.1) is 18.6 Å². The minimum absolute atomic E-state index is 0.00869. The number of nitrogens with two attached hydrogens (primary N) is 1. The number of carbonyl (C=O) groups is 1. The number of aryl methyl sites for hydroxylation is 1. The number of amides is 1. The summed E-state index contributed by atoms with van der Waals surface area (Å²) in [4.78, 5) is 39.7. The van der Waals surface area contributed by atoms with Gasteiger partial charge >= 0.3 is 5.69 Å². The summed E-state index contributed by atoms with van der Waals surface area (Å²) in [6.45, 7) is 11.7. The molecular weight excluding hydrogens is 673 g/mol. The molecule has 2 atom stereocenters. The summed E-state index contributed by atoms with van der Waals surface area (Å²) >= 11 is 19.6. The second-order valence-corrected chi connectivity index (χ2v) is 13.2. The first-order valence-corrected chi connectivity index (χ1v) is 16.1. The van der Waals surface area contributed by atoms with Gasteiger partial charge in [-0.2, -0.15) is 4.98 Å². The van der Waals surface area contributed by atoms with Gasteiger partial charge in [-0.25, -0.2) is 13.6 Å². The number of carbonyl (C=O) groups excluding carboxylic acids is 1. The third-order valence-electron chi connectivity index (χ3n) is 8.80. The summed E-state index contributed by atoms with van der Waals surface area (Å²) in [6, 6.07) is 2.19. The van der Waals surface area contributed by atoms with E-state index in [-0.39, 0.29) is 81.8 Å². The van der Waals surface area contributed by atoms with Crippen molar-refractivity contribution in [3.63, 3.8) is 0 Å². The van der Waals surface area contributed by atoms with E-state index in [9.17, 15) is 9.59 Å². The van der Waals surface area contributed by atoms with E-state index >= 15 is 8.78 Å². The van der Waals surface area contributed by atoms with Crippen LogP contribution in [0.5, 0.6) is 5.75 Å². The number of hydrogen-bond acceptors (Lipinski definition) is 7. The lowest BCUT2D eigenvalue weighted by Crippen LogP contribution is -2.60. The van der Waals surface area contributed by atoms with Gasteiger partial charge in [0.15, 0.2) is 17.4 Å². The number of fused-ring (bicyclic) bond motifs is 2. The molecule has 2 N–H and O–H groups in total. The zero-order valence-corrected chi connectivity index (χ0v) is 28.3. The van der Waals surface area contributed by atoms with Crippen LogP contribution in [0.3, 0.4) is 0 Å². The fourth-order valence-corrected chi connectivity index (χ4v) is 7.36. The molecule has 2 aromatic heterocycles. The Balaban J connectivity index is 1.80. The minimum Gasteiger partial charge on any atom is -0.490 e. The van der Waals surface area contributed by atoms with Crippen LogP contribution in [0.25, 0.3) is 27.7 Å². The number of anilines is 2. The topological polar surface area (TPSA) is 107 Å². The number of piperazine rings is 1. The number of aromatic nitrogens is 3. The van der Waals surface area contributed by atoms with Gasteiger partial charge in [-0.15, -0.1) is 0 Å². The van der Waals surface area contributed by atoms with Crippen molar-refractivity contribution >= 4 is 63.1 Å². The summed E-state index contributed by atoms with van der Waals surface area (Å²) < 4.78 is 40.2. The van der Waals surface area contributed by atoms with Crippen LogP contribution in [0.4, 0.5) is 20.3 Å². The number of nitrogens with zero attached hydrogens (tertiary/aromatic N) is 5. The van der Waals surface area contributed by atoms with Gasteiger partial charge in [0.05, 0.1) is 55.7 Å². The van der Waals surface area contributed by atoms with Crippen molar-refractivity contribution in [2.75, 3.05) is 30.3 Å². The number of halogens is 5. The maximum Gasteiger partial charge on any atom is 0.354 e. The van der Waals surface area contributed by atoms with Crippen LogP contribution in [0.15, 0.2) is 35.8 Å². The predicted molar refractivity (Wildman–Crippen MR) is 181 cm³/mol. The van der Waals surface area contributed by atoms with E-state index < -0.39 is 33.5 Å². The molecule has 9 nitrogen and oxygen atoms in total. The van der Waals surface area contributed by atoms with Gasteiger partial charge in [-0.05, 0) is 43.5 Å². The molecule has 2 aliphatic rings. The highest BCUT2D eigenvalue weighted by Crippen LogP contribution is 2.51. The van der Waals surface area contributed by atoms with E-state index in [0.29, 0.717) is 23.4 Å². The second kappa shape index (κ2) is 12.3. The predicted octanol–water partition coefficient (Wildman–Crippen LogP) is 7.07. The van der Waals surface area contributed by atoms with E-state index in [1.807, 2.05) is 25.7 Å². The Bertz CT molecular complexity index is 2030. The fraction of sp³-hybridized carbons (Fsp3) is 0.333. The normalized spacial score (nSPS) is 17.7. The average molecular weight is 704 g/mol. The first-order chi connectivity index (χ1) is 22.3. The van der Waals surface area contributed by atoms with Crippen LogP contribution in [0.2, 0.25) is 15.1 Å². The number of benzene rings is 2. The van der Waals surface area contributed by atoms with Crippen LogP contribution in [-0.4, -0.2) is 57.1 Å². The number of hydrogen-bond donors (Lipinski definition) is 1. The third-order valence-corrected chi connectivity index (χ3v) is 9.76. The van der Waals surface area contributed by atoms with Crippen LogP contribution >= 0.6 is 34.8 Å². The molecule has 246 valence electrons. The lowest BCUT2D eigenvalue weighted by Gasteiger charge is -2.46. The zero-order valence-electron chi connectivity index (χ0n) is 26.0. The standard InChI is InChI=1S/C33H31Cl3F2N6O3/c1-6-20(45)42-13-17-8-10-47-31-23-30(24(36)21(26(31)38)22-25(37)18(34)11-19(35)27(22)39)44(29-15(4)7-9-40-28(29)14(2)3)33(46)41-32(23)43(17)12-16(42)5/h6-7,9,11,14,16-17H,1,8,10,12-13,39H2,2-5H3. The van der Waals surface area contributed by atoms with Crippen LogP contribution in [-0.2, 0) is 4.79 Å². The molecule has 0 bridgehead atoms. The first-order valence-electron chi connectivity index (χ1n) is 15.0. The molecule has 0 saturated carbocycles. The number of ether oxygens (including phenoxy) is 1. The smallest absolute Gasteiger partial charge is 0.354 e. The van der Waals surface area contributed by atoms with Crippen molar-refractivity contribution in [2.24, 2.45) is 0 Å². The van der Waals surface area contributed by atoms with E-state index in [0.717, 1.165) is 6.07 Å². The summed E-state index contributed by atoms with van der Waals surface area (Å²) in [5, 5.41) is -0.758. The van der Waals surface area contributed by atoms with Crippen molar-refractivity contribution in [3.05, 3.63) is 79.4 Å². The fourth-order valence-electron chi connectivity index (χ4n) is 6.54. The van der Waals surface area contributed by atoms with Crippen LogP contribution < -0.4 is 21.1 Å². The third kappa shape index (κ3) is 5.19. The molecule has 2 aliphatic heterocycles. The molecule has 2 aromatic carbocycles. The molecule has 0 spiro atoms. The van der Waals surface area contributed by atoms with E-state index in [2.05, 4.69) is 16.5 Å². The van der Waals surface area contributed by atoms with Gasteiger partial charge in [-0.1, -0.05) is 55.2 Å². The molecule has 4 aromatic rings. The molecular formula is C33H31Cl3F2N6O3. The number of rotatable bonds is 4. The summed E-state index contributed by atoms with van der Waals surface area (Å²) in [7, 11) is 0. The maximum absolute atomic E-state index is 17.0. The molecule has 4 heterocycles. The molecule has 14 heteroatoms. The molecule has 1 amide bonds. The highest BCUT2D eigenvalue weighted by atomic mass is 35.5. The molecule has 1 fully saturated rings. The Morgan fingerprint density at radius 1 is 1.17 bits per heavy atom. The highest BCUT2D eigenvalue weighted by Gasteiger charge is 2.39. The van der Waals surface area contributed by atoms with E-state index in [1.165, 1.54) is 10.6 Å². The van der Waals surface area contributed by atoms with Gasteiger partial charge in [0.25, 0.3) is 0 Å². The lowest BCUT2D eigenvalue weighted by atomic mass is 9.97. The summed E-state index contributed by atoms with van der Waals surface area (Å²) in [5.74, 6) is -2.64.